The molecule has 3 rings (SSSR count). The Labute approximate surface area is 148 Å². The van der Waals surface area contributed by atoms with Crippen LogP contribution in [0.3, 0.4) is 0 Å². The summed E-state index contributed by atoms with van der Waals surface area (Å²) in [5.74, 6) is 1.05. The van der Waals surface area contributed by atoms with Crippen LogP contribution in [0.2, 0.25) is 0 Å². The van der Waals surface area contributed by atoms with E-state index in [-0.39, 0.29) is 11.6 Å². The van der Waals surface area contributed by atoms with Crippen molar-refractivity contribution < 1.29 is 8.42 Å². The highest BCUT2D eigenvalue weighted by Gasteiger charge is 2.18. The maximum Gasteiger partial charge on any atom is 0.233 e. The predicted octanol–water partition coefficient (Wildman–Crippen LogP) is 1.56. The maximum atomic E-state index is 11.5. The third-order valence-electron chi connectivity index (χ3n) is 4.24. The third kappa shape index (κ3) is 4.90. The molecule has 7 nitrogen and oxygen atoms in total. The van der Waals surface area contributed by atoms with Crippen LogP contribution in [-0.4, -0.2) is 55.4 Å². The highest BCUT2D eigenvalue weighted by Crippen LogP contribution is 2.16. The van der Waals surface area contributed by atoms with E-state index in [9.17, 15) is 8.42 Å². The molecule has 1 aliphatic rings. The van der Waals surface area contributed by atoms with Crippen LogP contribution in [0.5, 0.6) is 0 Å². The van der Waals surface area contributed by atoms with Gasteiger partial charge >= 0.3 is 0 Å². The number of piperazine rings is 1. The lowest BCUT2D eigenvalue weighted by Crippen LogP contribution is -2.46. The molecule has 1 N–H and O–H groups in total. The summed E-state index contributed by atoms with van der Waals surface area (Å²) in [7, 11) is -3.32. The van der Waals surface area contributed by atoms with Crippen molar-refractivity contribution in [2.75, 3.05) is 41.6 Å². The predicted molar refractivity (Wildman–Crippen MR) is 99.0 cm³/mol. The van der Waals surface area contributed by atoms with E-state index in [1.807, 2.05) is 12.1 Å². The van der Waals surface area contributed by atoms with E-state index < -0.39 is 10.0 Å². The Morgan fingerprint density at radius 3 is 2.32 bits per heavy atom. The molecule has 0 radical (unpaired) electrons. The summed E-state index contributed by atoms with van der Waals surface area (Å²) in [6.07, 6.45) is 0. The van der Waals surface area contributed by atoms with Crippen molar-refractivity contribution in [3.05, 3.63) is 48.0 Å². The molecule has 0 amide bonds. The van der Waals surface area contributed by atoms with Gasteiger partial charge in [0.1, 0.15) is 0 Å². The lowest BCUT2D eigenvalue weighted by atomic mass is 10.2. The second-order valence-electron chi connectivity index (χ2n) is 6.03. The van der Waals surface area contributed by atoms with Crippen LogP contribution in [0.4, 0.5) is 11.6 Å². The molecule has 0 aliphatic carbocycles. The Balaban J connectivity index is 1.54. The van der Waals surface area contributed by atoms with Crippen molar-refractivity contribution in [1.29, 1.82) is 0 Å². The van der Waals surface area contributed by atoms with E-state index in [0.29, 0.717) is 0 Å². The Kier molecular flexibility index (Phi) is 5.50. The maximum absolute atomic E-state index is 11.5. The third-order valence-corrected chi connectivity index (χ3v) is 5.52. The number of hydrogen-bond donors (Lipinski definition) is 1. The summed E-state index contributed by atoms with van der Waals surface area (Å²) in [5, 5.41) is 8.14. The van der Waals surface area contributed by atoms with Crippen LogP contribution in [-0.2, 0) is 16.6 Å². The molecule has 1 aromatic heterocycles. The minimum absolute atomic E-state index is 0.0137. The van der Waals surface area contributed by atoms with Crippen LogP contribution in [0, 0.1) is 0 Å². The summed E-state index contributed by atoms with van der Waals surface area (Å²) < 4.78 is 25.5. The summed E-state index contributed by atoms with van der Waals surface area (Å²) in [6.45, 7) is 6.21. The quantitative estimate of drug-likeness (QED) is 0.841. The van der Waals surface area contributed by atoms with Gasteiger partial charge in [-0.3, -0.25) is 9.62 Å². The molecule has 134 valence electrons. The first-order valence-corrected chi connectivity index (χ1v) is 10.1. The monoisotopic (exact) mass is 361 g/mol. The van der Waals surface area contributed by atoms with Crippen molar-refractivity contribution in [1.82, 2.24) is 15.1 Å². The van der Waals surface area contributed by atoms with Gasteiger partial charge in [0, 0.05) is 32.7 Å². The number of benzene rings is 1. The fourth-order valence-corrected chi connectivity index (χ4v) is 3.33. The smallest absolute Gasteiger partial charge is 0.233 e. The average Bonchev–Trinajstić information content (AvgIpc) is 2.64. The molecule has 0 unspecified atom stereocenters. The number of nitrogens with one attached hydrogen (secondary N) is 1. The second-order valence-corrected chi connectivity index (χ2v) is 8.04. The van der Waals surface area contributed by atoms with Crippen LogP contribution >= 0.6 is 0 Å². The molecule has 2 aromatic rings. The van der Waals surface area contributed by atoms with Gasteiger partial charge in [-0.1, -0.05) is 30.3 Å². The summed E-state index contributed by atoms with van der Waals surface area (Å²) in [4.78, 5) is 4.59. The fourth-order valence-electron chi connectivity index (χ4n) is 2.76. The molecule has 1 fully saturated rings. The molecule has 1 aliphatic heterocycles. The van der Waals surface area contributed by atoms with Gasteiger partial charge in [-0.2, -0.15) is 0 Å². The summed E-state index contributed by atoms with van der Waals surface area (Å²) in [6, 6.07) is 13.9. The van der Waals surface area contributed by atoms with Gasteiger partial charge in [0.15, 0.2) is 11.6 Å². The van der Waals surface area contributed by atoms with Crippen molar-refractivity contribution in [3.8, 4) is 0 Å². The Hall–Kier alpha value is -2.19. The van der Waals surface area contributed by atoms with Crippen LogP contribution in [0.1, 0.15) is 12.5 Å². The highest BCUT2D eigenvalue weighted by molar-refractivity contribution is 7.92. The van der Waals surface area contributed by atoms with E-state index >= 15 is 0 Å². The first-order valence-electron chi connectivity index (χ1n) is 8.41. The number of sulfonamides is 1. The Bertz CT molecular complexity index is 772. The minimum atomic E-state index is -3.32. The first-order chi connectivity index (χ1) is 12.1. The van der Waals surface area contributed by atoms with Gasteiger partial charge in [-0.25, -0.2) is 8.42 Å². The molecule has 25 heavy (non-hydrogen) atoms. The zero-order valence-corrected chi connectivity index (χ0v) is 15.1. The lowest BCUT2D eigenvalue weighted by Gasteiger charge is -2.35. The van der Waals surface area contributed by atoms with Crippen LogP contribution < -0.4 is 9.62 Å². The number of hydrogen-bond acceptors (Lipinski definition) is 6. The Morgan fingerprint density at radius 2 is 1.72 bits per heavy atom. The second kappa shape index (κ2) is 7.79. The Morgan fingerprint density at radius 1 is 1.00 bits per heavy atom. The SMILES string of the molecule is CCS(=O)(=O)Nc1ccc(N2CCN(Cc3ccccc3)CC2)nn1. The van der Waals surface area contributed by atoms with E-state index in [1.165, 1.54) is 5.56 Å². The van der Waals surface area contributed by atoms with Crippen LogP contribution in [0.15, 0.2) is 42.5 Å². The van der Waals surface area contributed by atoms with Crippen molar-refractivity contribution in [2.24, 2.45) is 0 Å². The van der Waals surface area contributed by atoms with Crippen molar-refractivity contribution in [2.45, 2.75) is 13.5 Å². The van der Waals surface area contributed by atoms with E-state index in [1.54, 1.807) is 13.0 Å². The van der Waals surface area contributed by atoms with Crippen LogP contribution in [0.25, 0.3) is 0 Å². The number of aromatic nitrogens is 2. The van der Waals surface area contributed by atoms with Gasteiger partial charge in [0.2, 0.25) is 10.0 Å². The first kappa shape index (κ1) is 17.6. The zero-order chi connectivity index (χ0) is 17.7. The van der Waals surface area contributed by atoms with Gasteiger partial charge in [-0.15, -0.1) is 10.2 Å². The normalized spacial score (nSPS) is 16.0. The average molecular weight is 361 g/mol. The van der Waals surface area contributed by atoms with Crippen molar-refractivity contribution >= 4 is 21.7 Å². The van der Waals surface area contributed by atoms with E-state index in [2.05, 4.69) is 49.0 Å². The number of anilines is 2. The van der Waals surface area contributed by atoms with E-state index in [4.69, 9.17) is 0 Å². The minimum Gasteiger partial charge on any atom is -0.353 e. The summed E-state index contributed by atoms with van der Waals surface area (Å²) in [5.41, 5.74) is 1.32. The largest absolute Gasteiger partial charge is 0.353 e. The molecule has 0 spiro atoms. The van der Waals surface area contributed by atoms with Gasteiger partial charge in [0.05, 0.1) is 5.75 Å². The molecule has 1 aromatic carbocycles. The molecular formula is C17H23N5O2S. The molecule has 2 heterocycles. The molecule has 8 heteroatoms. The summed E-state index contributed by atoms with van der Waals surface area (Å²) >= 11 is 0. The van der Waals surface area contributed by atoms with E-state index in [0.717, 1.165) is 38.5 Å². The van der Waals surface area contributed by atoms with Gasteiger partial charge in [-0.05, 0) is 24.6 Å². The zero-order valence-electron chi connectivity index (χ0n) is 14.3. The number of rotatable bonds is 6. The standard InChI is InChI=1S/C17H23N5O2S/c1-2-25(23,24)20-16-8-9-17(19-18-16)22-12-10-21(11-13-22)14-15-6-4-3-5-7-15/h3-9H,2,10-14H2,1H3,(H,18,20). The highest BCUT2D eigenvalue weighted by atomic mass is 32.2. The lowest BCUT2D eigenvalue weighted by molar-refractivity contribution is 0.249. The topological polar surface area (TPSA) is 78.4 Å². The fraction of sp³-hybridized carbons (Fsp3) is 0.412. The van der Waals surface area contributed by atoms with Crippen molar-refractivity contribution in [3.63, 3.8) is 0 Å². The van der Waals surface area contributed by atoms with Gasteiger partial charge < -0.3 is 4.90 Å². The van der Waals surface area contributed by atoms with Gasteiger partial charge in [0.25, 0.3) is 0 Å². The molecular weight excluding hydrogens is 338 g/mol. The molecule has 1 saturated heterocycles. The molecule has 0 bridgehead atoms. The molecule has 0 saturated carbocycles. The molecule has 0 atom stereocenters. The number of nitrogens with zero attached hydrogens (tertiary/aromatic N) is 4.